The summed E-state index contributed by atoms with van der Waals surface area (Å²) in [6.45, 7) is 3.29. The Morgan fingerprint density at radius 1 is 0.864 bits per heavy atom. The van der Waals surface area contributed by atoms with Gasteiger partial charge < -0.3 is 29.2 Å². The van der Waals surface area contributed by atoms with E-state index in [1.165, 1.54) is 56.6 Å². The van der Waals surface area contributed by atoms with E-state index in [9.17, 15) is 18.0 Å². The highest BCUT2D eigenvalue weighted by Gasteiger charge is 2.34. The summed E-state index contributed by atoms with van der Waals surface area (Å²) in [7, 11) is 1.31. The summed E-state index contributed by atoms with van der Waals surface area (Å²) in [6, 6.07) is 14.7. The van der Waals surface area contributed by atoms with E-state index in [1.54, 1.807) is 44.4 Å². The number of amides is 2. The molecule has 0 fully saturated rings. The number of ether oxygens (including phenoxy) is 4. The minimum absolute atomic E-state index is 0.0282. The Kier molecular flexibility index (Phi) is 12.1. The summed E-state index contributed by atoms with van der Waals surface area (Å²) < 4.78 is 50.8. The zero-order chi connectivity index (χ0) is 32.4. The lowest BCUT2D eigenvalue weighted by molar-refractivity contribution is -0.139. The van der Waals surface area contributed by atoms with E-state index in [1.807, 2.05) is 6.92 Å². The van der Waals surface area contributed by atoms with Crippen molar-refractivity contribution >= 4 is 39.1 Å². The number of halogens is 1. The molecule has 0 aliphatic carbocycles. The monoisotopic (exact) mass is 647 g/mol. The van der Waals surface area contributed by atoms with E-state index in [2.05, 4.69) is 5.32 Å². The molecule has 238 valence electrons. The fraction of sp³-hybridized carbons (Fsp3) is 0.355. The van der Waals surface area contributed by atoms with Crippen molar-refractivity contribution in [1.29, 1.82) is 0 Å². The molecular weight excluding hydrogens is 610 g/mol. The van der Waals surface area contributed by atoms with Crippen molar-refractivity contribution in [3.63, 3.8) is 0 Å². The van der Waals surface area contributed by atoms with Gasteiger partial charge in [-0.1, -0.05) is 30.7 Å². The summed E-state index contributed by atoms with van der Waals surface area (Å²) in [5, 5.41) is 3.04. The van der Waals surface area contributed by atoms with Gasteiger partial charge in [-0.2, -0.15) is 0 Å². The fourth-order valence-electron chi connectivity index (χ4n) is 4.38. The average Bonchev–Trinajstić information content (AvgIpc) is 3.04. The molecule has 44 heavy (non-hydrogen) atoms. The van der Waals surface area contributed by atoms with Gasteiger partial charge in [0.05, 0.1) is 39.0 Å². The maximum Gasteiger partial charge on any atom is 0.265 e. The van der Waals surface area contributed by atoms with Gasteiger partial charge in [-0.3, -0.25) is 13.9 Å². The highest BCUT2D eigenvalue weighted by Crippen LogP contribution is 2.37. The second-order valence-electron chi connectivity index (χ2n) is 9.68. The van der Waals surface area contributed by atoms with Crippen molar-refractivity contribution in [3.8, 4) is 23.0 Å². The molecular formula is C31H38ClN3O8S. The van der Waals surface area contributed by atoms with Gasteiger partial charge in [-0.05, 0) is 61.4 Å². The van der Waals surface area contributed by atoms with Gasteiger partial charge >= 0.3 is 0 Å². The molecule has 0 radical (unpaired) electrons. The molecule has 1 unspecified atom stereocenters. The lowest BCUT2D eigenvalue weighted by atomic mass is 10.1. The van der Waals surface area contributed by atoms with Crippen LogP contribution in [0.3, 0.4) is 0 Å². The van der Waals surface area contributed by atoms with Crippen molar-refractivity contribution < 1.29 is 37.0 Å². The van der Waals surface area contributed by atoms with Crippen LogP contribution in [0.4, 0.5) is 5.69 Å². The fourth-order valence-corrected chi connectivity index (χ4v) is 5.98. The zero-order valence-electron chi connectivity index (χ0n) is 25.6. The van der Waals surface area contributed by atoms with Crippen LogP contribution in [0.2, 0.25) is 5.02 Å². The normalized spacial score (nSPS) is 11.7. The van der Waals surface area contributed by atoms with E-state index in [-0.39, 0.29) is 39.6 Å². The third kappa shape index (κ3) is 8.06. The second kappa shape index (κ2) is 15.5. The number of nitrogens with zero attached hydrogens (tertiary/aromatic N) is 2. The van der Waals surface area contributed by atoms with Crippen LogP contribution in [-0.4, -0.2) is 72.7 Å². The number of methoxy groups -OCH3 is 4. The Labute approximate surface area is 263 Å². The first kappa shape index (κ1) is 34.3. The quantitative estimate of drug-likeness (QED) is 0.256. The van der Waals surface area contributed by atoms with Gasteiger partial charge in [0.1, 0.15) is 24.1 Å². The predicted octanol–water partition coefficient (Wildman–Crippen LogP) is 4.51. The van der Waals surface area contributed by atoms with Crippen LogP contribution in [0.1, 0.15) is 25.8 Å². The van der Waals surface area contributed by atoms with Crippen LogP contribution in [0.15, 0.2) is 65.6 Å². The van der Waals surface area contributed by atoms with Crippen molar-refractivity contribution in [3.05, 3.63) is 71.2 Å². The number of rotatable bonds is 15. The molecule has 0 saturated heterocycles. The molecule has 3 aromatic rings. The van der Waals surface area contributed by atoms with E-state index in [4.69, 9.17) is 30.5 Å². The predicted molar refractivity (Wildman–Crippen MR) is 168 cm³/mol. The van der Waals surface area contributed by atoms with Crippen molar-refractivity contribution in [2.75, 3.05) is 45.8 Å². The van der Waals surface area contributed by atoms with Gasteiger partial charge in [-0.15, -0.1) is 0 Å². The lowest BCUT2D eigenvalue weighted by Crippen LogP contribution is -2.51. The van der Waals surface area contributed by atoms with Crippen LogP contribution in [-0.2, 0) is 26.2 Å². The largest absolute Gasteiger partial charge is 0.497 e. The van der Waals surface area contributed by atoms with Crippen LogP contribution < -0.4 is 28.6 Å². The molecule has 0 spiro atoms. The smallest absolute Gasteiger partial charge is 0.265 e. The Bertz CT molecular complexity index is 1550. The Hall–Kier alpha value is -4.16. The summed E-state index contributed by atoms with van der Waals surface area (Å²) in [6.07, 6.45) is 0.705. The molecule has 0 aromatic heterocycles. The topological polar surface area (TPSA) is 124 Å². The van der Waals surface area contributed by atoms with E-state index in [0.29, 0.717) is 30.0 Å². The van der Waals surface area contributed by atoms with Crippen molar-refractivity contribution in [2.45, 2.75) is 37.8 Å². The Balaban J connectivity index is 2.13. The summed E-state index contributed by atoms with van der Waals surface area (Å²) in [5.74, 6) is 0.295. The lowest BCUT2D eigenvalue weighted by Gasteiger charge is -2.32. The molecule has 1 N–H and O–H groups in total. The first-order valence-electron chi connectivity index (χ1n) is 13.8. The zero-order valence-corrected chi connectivity index (χ0v) is 27.2. The number of hydrogen-bond acceptors (Lipinski definition) is 8. The van der Waals surface area contributed by atoms with Gasteiger partial charge in [0, 0.05) is 24.2 Å². The molecule has 3 rings (SSSR count). The highest BCUT2D eigenvalue weighted by molar-refractivity contribution is 7.92. The maximum atomic E-state index is 14.3. The average molecular weight is 648 g/mol. The van der Waals surface area contributed by atoms with Crippen LogP contribution in [0.25, 0.3) is 0 Å². The van der Waals surface area contributed by atoms with Gasteiger partial charge in [0.25, 0.3) is 10.0 Å². The van der Waals surface area contributed by atoms with Crippen molar-refractivity contribution in [1.82, 2.24) is 10.2 Å². The van der Waals surface area contributed by atoms with Gasteiger partial charge in [-0.25, -0.2) is 8.42 Å². The molecule has 11 nitrogen and oxygen atoms in total. The second-order valence-corrected chi connectivity index (χ2v) is 12.0. The molecule has 0 saturated carbocycles. The maximum absolute atomic E-state index is 14.3. The minimum Gasteiger partial charge on any atom is -0.497 e. The first-order valence-corrected chi connectivity index (χ1v) is 15.6. The van der Waals surface area contributed by atoms with E-state index < -0.39 is 28.5 Å². The van der Waals surface area contributed by atoms with E-state index >= 15 is 0 Å². The van der Waals surface area contributed by atoms with E-state index in [0.717, 1.165) is 4.31 Å². The third-order valence-electron chi connectivity index (χ3n) is 6.86. The number of sulfonamides is 1. The van der Waals surface area contributed by atoms with Gasteiger partial charge in [0.15, 0.2) is 11.5 Å². The molecule has 1 atom stereocenters. The molecule has 0 heterocycles. The Morgan fingerprint density at radius 2 is 1.50 bits per heavy atom. The molecule has 13 heteroatoms. The number of anilines is 1. The molecule has 2 amide bonds. The van der Waals surface area contributed by atoms with Crippen molar-refractivity contribution in [2.24, 2.45) is 0 Å². The first-order chi connectivity index (χ1) is 21.0. The SMILES string of the molecule is CCCNC(=O)C(C)N(Cc1ccc(OC)cc1)C(=O)CN(c1cc(Cl)ccc1OC)S(=O)(=O)c1ccc(OC)c(OC)c1. The summed E-state index contributed by atoms with van der Waals surface area (Å²) >= 11 is 6.30. The number of nitrogens with one attached hydrogen (secondary N) is 1. The Morgan fingerprint density at radius 3 is 2.09 bits per heavy atom. The van der Waals surface area contributed by atoms with Crippen LogP contribution in [0.5, 0.6) is 23.0 Å². The molecule has 3 aromatic carbocycles. The number of carbonyl (C=O) groups is 2. The molecule has 0 aliphatic heterocycles. The van der Waals surface area contributed by atoms with Crippen LogP contribution >= 0.6 is 11.6 Å². The highest BCUT2D eigenvalue weighted by atomic mass is 35.5. The summed E-state index contributed by atoms with van der Waals surface area (Å²) in [5.41, 5.74) is 0.750. The minimum atomic E-state index is -4.44. The van der Waals surface area contributed by atoms with Gasteiger partial charge in [0.2, 0.25) is 11.8 Å². The summed E-state index contributed by atoms with van der Waals surface area (Å²) in [4.78, 5) is 28.4. The number of carbonyl (C=O) groups excluding carboxylic acids is 2. The molecule has 0 aliphatic rings. The third-order valence-corrected chi connectivity index (χ3v) is 8.85. The number of benzene rings is 3. The standard InChI is InChI=1S/C31H38ClN3O8S/c1-7-16-33-31(37)21(2)34(19-22-8-11-24(40-3)12-9-22)30(36)20-35(26-17-23(32)10-14-27(26)41-4)44(38,39)25-13-15-28(42-5)29(18-25)43-6/h8-15,17-18,21H,7,16,19-20H2,1-6H3,(H,33,37). The molecule has 0 bridgehead atoms. The van der Waals surface area contributed by atoms with Crippen LogP contribution in [0, 0.1) is 0 Å². The number of hydrogen-bond donors (Lipinski definition) is 1.